The molecule has 0 aliphatic rings. The van der Waals surface area contributed by atoms with Crippen molar-refractivity contribution in [2.75, 3.05) is 0 Å². The van der Waals surface area contributed by atoms with Crippen molar-refractivity contribution >= 4 is 65.3 Å². The molecule has 3 unspecified atom stereocenters. The topological polar surface area (TPSA) is 66.4 Å². The standard InChI is InChI=1S/C17H52O6Si8/c1-24(2,3)19-28(13,14)30(16,21-26(7,8)9)23-31(17,22-27(10,11)12)29(15,18)20-25(4,5)6/h18H,1-17H3. The van der Waals surface area contributed by atoms with E-state index in [-0.39, 0.29) is 0 Å². The van der Waals surface area contributed by atoms with Crippen molar-refractivity contribution < 1.29 is 25.4 Å². The van der Waals surface area contributed by atoms with E-state index in [0.29, 0.717) is 0 Å². The molecule has 0 rings (SSSR count). The Balaban J connectivity index is 6.64. The molecular weight excluding hydrogens is 525 g/mol. The molecule has 0 radical (unpaired) electrons. The summed E-state index contributed by atoms with van der Waals surface area (Å²) < 4.78 is 34.1. The Hall–Kier alpha value is 1.50. The average molecular weight is 577 g/mol. The van der Waals surface area contributed by atoms with Crippen LogP contribution in [0.2, 0.25) is 111 Å². The molecule has 0 aliphatic carbocycles. The molecular formula is C17H52O6Si8. The second-order valence-electron chi connectivity index (χ2n) is 13.3. The highest BCUT2D eigenvalue weighted by Crippen LogP contribution is 2.36. The van der Waals surface area contributed by atoms with Gasteiger partial charge in [0.1, 0.15) is 0 Å². The minimum absolute atomic E-state index is 1.82. The zero-order valence-electron chi connectivity index (χ0n) is 23.5. The molecule has 31 heavy (non-hydrogen) atoms. The Morgan fingerprint density at radius 1 is 0.355 bits per heavy atom. The molecule has 0 heterocycles. The molecule has 0 saturated carbocycles. The van der Waals surface area contributed by atoms with Gasteiger partial charge in [0.15, 0.2) is 33.3 Å². The second kappa shape index (κ2) is 9.86. The Kier molecular flexibility index (Phi) is 10.3. The largest absolute Gasteiger partial charge is 0.454 e. The van der Waals surface area contributed by atoms with E-state index in [1.807, 2.05) is 13.1 Å². The lowest BCUT2D eigenvalue weighted by Gasteiger charge is -2.52. The first kappa shape index (κ1) is 32.5. The van der Waals surface area contributed by atoms with Gasteiger partial charge in [-0.25, -0.2) is 0 Å². The summed E-state index contributed by atoms with van der Waals surface area (Å²) in [4.78, 5) is 11.8. The molecule has 1 N–H and O–H groups in total. The van der Waals surface area contributed by atoms with E-state index >= 15 is 0 Å². The van der Waals surface area contributed by atoms with Crippen LogP contribution in [0.25, 0.3) is 0 Å². The van der Waals surface area contributed by atoms with Crippen LogP contribution in [0.1, 0.15) is 0 Å². The summed E-state index contributed by atoms with van der Waals surface area (Å²) in [5.41, 5.74) is 0. The molecule has 0 fully saturated rings. The molecule has 0 saturated heterocycles. The van der Waals surface area contributed by atoms with Gasteiger partial charge >= 0.3 is 24.2 Å². The smallest absolute Gasteiger partial charge is 0.366 e. The van der Waals surface area contributed by atoms with Crippen LogP contribution in [0.3, 0.4) is 0 Å². The highest BCUT2D eigenvalue weighted by atomic mass is 29.3. The predicted molar refractivity (Wildman–Crippen MR) is 153 cm³/mol. The maximum Gasteiger partial charge on any atom is 0.366 e. The van der Waals surface area contributed by atoms with Gasteiger partial charge < -0.3 is 25.4 Å². The van der Waals surface area contributed by atoms with Crippen molar-refractivity contribution in [2.45, 2.75) is 111 Å². The summed E-state index contributed by atoms with van der Waals surface area (Å²) in [6.45, 7) is 36.6. The normalized spacial score (nSPS) is 20.7. The Labute approximate surface area is 201 Å². The van der Waals surface area contributed by atoms with Crippen molar-refractivity contribution in [3.63, 3.8) is 0 Å². The molecule has 188 valence electrons. The molecule has 3 atom stereocenters. The quantitative estimate of drug-likeness (QED) is 0.288. The van der Waals surface area contributed by atoms with E-state index in [4.69, 9.17) is 20.6 Å². The molecule has 0 aromatic carbocycles. The van der Waals surface area contributed by atoms with Crippen molar-refractivity contribution in [2.24, 2.45) is 0 Å². The molecule has 0 amide bonds. The van der Waals surface area contributed by atoms with Crippen LogP contribution in [0.4, 0.5) is 0 Å². The molecule has 0 aromatic heterocycles. The minimum atomic E-state index is -3.29. The van der Waals surface area contributed by atoms with Crippen LogP contribution in [-0.4, -0.2) is 70.1 Å². The SMILES string of the molecule is C[Si](C)(C)O[Si](C)(C)[Si](C)(O[Si](C)(C)C)O[Si](C)(O[Si](C)(C)C)[Si](C)(O)O[Si](C)(C)C. The van der Waals surface area contributed by atoms with Gasteiger partial charge in [-0.2, -0.15) is 0 Å². The first-order chi connectivity index (χ1) is 13.0. The first-order valence-electron chi connectivity index (χ1n) is 11.3. The zero-order chi connectivity index (χ0) is 25.5. The van der Waals surface area contributed by atoms with E-state index in [9.17, 15) is 4.80 Å². The van der Waals surface area contributed by atoms with Gasteiger partial charge in [0, 0.05) is 0 Å². The molecule has 0 bridgehead atoms. The van der Waals surface area contributed by atoms with Gasteiger partial charge in [0.05, 0.1) is 0 Å². The maximum absolute atomic E-state index is 11.8. The van der Waals surface area contributed by atoms with Crippen LogP contribution in [0.5, 0.6) is 0 Å². The van der Waals surface area contributed by atoms with Crippen LogP contribution in [0, 0.1) is 0 Å². The first-order valence-corrected chi connectivity index (χ1v) is 36.8. The number of hydrogen-bond donors (Lipinski definition) is 1. The van der Waals surface area contributed by atoms with Gasteiger partial charge in [-0.3, -0.25) is 0 Å². The van der Waals surface area contributed by atoms with Gasteiger partial charge in [-0.1, -0.05) is 0 Å². The lowest BCUT2D eigenvalue weighted by molar-refractivity contribution is 0.308. The van der Waals surface area contributed by atoms with Crippen LogP contribution in [-0.2, 0) is 20.6 Å². The lowest BCUT2D eigenvalue weighted by Crippen LogP contribution is -2.78. The summed E-state index contributed by atoms with van der Waals surface area (Å²) in [5.74, 6) is 0. The fraction of sp³-hybridized carbons (Fsp3) is 1.00. The summed E-state index contributed by atoms with van der Waals surface area (Å²) in [7, 11) is -19.5. The Bertz CT molecular complexity index is 554. The summed E-state index contributed by atoms with van der Waals surface area (Å²) >= 11 is 0. The number of hydrogen-bond acceptors (Lipinski definition) is 6. The third-order valence-corrected chi connectivity index (χ3v) is 45.1. The predicted octanol–water partition coefficient (Wildman–Crippen LogP) is 5.98. The van der Waals surface area contributed by atoms with E-state index in [1.165, 1.54) is 0 Å². The average Bonchev–Trinajstić information content (AvgIpc) is 2.25. The lowest BCUT2D eigenvalue weighted by atomic mass is 11.8. The fourth-order valence-electron chi connectivity index (χ4n) is 3.56. The highest BCUT2D eigenvalue weighted by molar-refractivity contribution is 7.42. The summed E-state index contributed by atoms with van der Waals surface area (Å²) in [5, 5.41) is 0. The van der Waals surface area contributed by atoms with Crippen molar-refractivity contribution in [3.05, 3.63) is 0 Å². The molecule has 0 aromatic rings. The fourth-order valence-corrected chi connectivity index (χ4v) is 59.4. The van der Waals surface area contributed by atoms with Gasteiger partial charge in [0.2, 0.25) is 7.83 Å². The van der Waals surface area contributed by atoms with Crippen LogP contribution >= 0.6 is 0 Å². The van der Waals surface area contributed by atoms with Gasteiger partial charge in [-0.15, -0.1) is 0 Å². The summed E-state index contributed by atoms with van der Waals surface area (Å²) in [6, 6.07) is 0. The van der Waals surface area contributed by atoms with Crippen molar-refractivity contribution in [1.29, 1.82) is 0 Å². The van der Waals surface area contributed by atoms with Crippen LogP contribution in [0.15, 0.2) is 0 Å². The molecule has 0 aliphatic heterocycles. The van der Waals surface area contributed by atoms with E-state index in [0.717, 1.165) is 0 Å². The van der Waals surface area contributed by atoms with Crippen molar-refractivity contribution in [3.8, 4) is 0 Å². The third kappa shape index (κ3) is 11.2. The molecule has 6 nitrogen and oxygen atoms in total. The molecule has 0 spiro atoms. The highest BCUT2D eigenvalue weighted by Gasteiger charge is 2.66. The Morgan fingerprint density at radius 2 is 0.645 bits per heavy atom. The Morgan fingerprint density at radius 3 is 0.935 bits per heavy atom. The second-order valence-corrected chi connectivity index (χ2v) is 54.9. The van der Waals surface area contributed by atoms with E-state index < -0.39 is 65.3 Å². The maximum atomic E-state index is 11.8. The van der Waals surface area contributed by atoms with E-state index in [2.05, 4.69) is 98.2 Å². The van der Waals surface area contributed by atoms with Crippen molar-refractivity contribution in [1.82, 2.24) is 0 Å². The third-order valence-electron chi connectivity index (χ3n) is 4.39. The van der Waals surface area contributed by atoms with Gasteiger partial charge in [-0.05, 0) is 111 Å². The molecule has 14 heteroatoms. The number of rotatable bonds is 12. The van der Waals surface area contributed by atoms with E-state index in [1.54, 1.807) is 0 Å². The summed E-state index contributed by atoms with van der Waals surface area (Å²) in [6.07, 6.45) is 0. The monoisotopic (exact) mass is 576 g/mol. The zero-order valence-corrected chi connectivity index (χ0v) is 31.5. The van der Waals surface area contributed by atoms with Gasteiger partial charge in [0.25, 0.3) is 0 Å². The minimum Gasteiger partial charge on any atom is -0.454 e. The van der Waals surface area contributed by atoms with Crippen LogP contribution < -0.4 is 0 Å².